The van der Waals surface area contributed by atoms with Crippen molar-refractivity contribution in [2.75, 3.05) is 11.4 Å². The molecule has 19 heavy (non-hydrogen) atoms. The van der Waals surface area contributed by atoms with E-state index in [1.807, 2.05) is 17.0 Å². The maximum absolute atomic E-state index is 11.7. The van der Waals surface area contributed by atoms with Gasteiger partial charge in [0.1, 0.15) is 0 Å². The molecule has 1 heterocycles. The lowest BCUT2D eigenvalue weighted by molar-refractivity contribution is -0.116. The van der Waals surface area contributed by atoms with E-state index in [4.69, 9.17) is 0 Å². The molecule has 2 rings (SSSR count). The number of anilines is 1. The van der Waals surface area contributed by atoms with E-state index >= 15 is 0 Å². The van der Waals surface area contributed by atoms with E-state index in [-0.39, 0.29) is 5.91 Å². The summed E-state index contributed by atoms with van der Waals surface area (Å²) in [7, 11) is 0. The summed E-state index contributed by atoms with van der Waals surface area (Å²) in [5, 5.41) is 10.2. The van der Waals surface area contributed by atoms with E-state index in [9.17, 15) is 9.90 Å². The van der Waals surface area contributed by atoms with E-state index in [1.54, 1.807) is 6.92 Å². The van der Waals surface area contributed by atoms with E-state index in [2.05, 4.69) is 19.9 Å². The third-order valence-corrected chi connectivity index (χ3v) is 3.69. The highest BCUT2D eigenvalue weighted by Gasteiger charge is 2.21. The number of hydrogen-bond acceptors (Lipinski definition) is 2. The van der Waals surface area contributed by atoms with Crippen molar-refractivity contribution in [3.8, 4) is 0 Å². The molecule has 0 radical (unpaired) electrons. The molecule has 1 unspecified atom stereocenters. The van der Waals surface area contributed by atoms with Gasteiger partial charge in [-0.3, -0.25) is 4.79 Å². The van der Waals surface area contributed by atoms with Crippen LogP contribution in [0.3, 0.4) is 0 Å². The smallest absolute Gasteiger partial charge is 0.223 e. The van der Waals surface area contributed by atoms with Crippen molar-refractivity contribution in [3.05, 3.63) is 29.3 Å². The minimum Gasteiger partial charge on any atom is -0.388 e. The molecule has 1 aliphatic rings. The molecule has 0 aliphatic carbocycles. The Balaban J connectivity index is 2.30. The van der Waals surface area contributed by atoms with Gasteiger partial charge < -0.3 is 10.0 Å². The van der Waals surface area contributed by atoms with Gasteiger partial charge in [0.15, 0.2) is 0 Å². The Morgan fingerprint density at radius 2 is 2.16 bits per heavy atom. The van der Waals surface area contributed by atoms with E-state index in [0.29, 0.717) is 5.92 Å². The summed E-state index contributed by atoms with van der Waals surface area (Å²) in [6.45, 7) is 6.59. The fraction of sp³-hybridized carbons (Fsp3) is 0.562. The van der Waals surface area contributed by atoms with Gasteiger partial charge in [-0.1, -0.05) is 26.0 Å². The molecule has 1 N–H and O–H groups in total. The van der Waals surface area contributed by atoms with Crippen LogP contribution in [0.15, 0.2) is 18.2 Å². The van der Waals surface area contributed by atoms with Gasteiger partial charge in [-0.05, 0) is 42.4 Å². The second kappa shape index (κ2) is 5.74. The number of fused-ring (bicyclic) bond motifs is 1. The quantitative estimate of drug-likeness (QED) is 0.908. The molecule has 0 aromatic heterocycles. The number of nitrogens with zero attached hydrogens (tertiary/aromatic N) is 1. The maximum Gasteiger partial charge on any atom is 0.223 e. The van der Waals surface area contributed by atoms with Crippen LogP contribution in [-0.2, 0) is 11.2 Å². The highest BCUT2D eigenvalue weighted by molar-refractivity contribution is 5.92. The average Bonchev–Trinajstić information content (AvgIpc) is 2.36. The number of amides is 1. The Bertz CT molecular complexity index is 468. The molecule has 1 aromatic carbocycles. The summed E-state index contributed by atoms with van der Waals surface area (Å²) < 4.78 is 0. The highest BCUT2D eigenvalue weighted by atomic mass is 16.3. The van der Waals surface area contributed by atoms with Gasteiger partial charge in [-0.25, -0.2) is 0 Å². The second-order valence-electron chi connectivity index (χ2n) is 5.81. The van der Waals surface area contributed by atoms with Crippen molar-refractivity contribution in [1.29, 1.82) is 0 Å². The molecular weight excluding hydrogens is 238 g/mol. The minimum absolute atomic E-state index is 0.0800. The summed E-state index contributed by atoms with van der Waals surface area (Å²) in [5.41, 5.74) is 3.11. The fourth-order valence-corrected chi connectivity index (χ4v) is 2.71. The second-order valence-corrected chi connectivity index (χ2v) is 5.81. The topological polar surface area (TPSA) is 40.5 Å². The standard InChI is InChI=1S/C16H23NO2/c1-11(2)9-16(19)14-7-6-13-5-4-8-17(12(3)18)15(13)10-14/h6-7,10-11,16,19H,4-5,8-9H2,1-3H3. The number of aliphatic hydroxyl groups is 1. The molecular formula is C16H23NO2. The molecule has 0 fully saturated rings. The number of aliphatic hydroxyl groups excluding tert-OH is 1. The molecule has 1 atom stereocenters. The minimum atomic E-state index is -0.443. The monoisotopic (exact) mass is 261 g/mol. The van der Waals surface area contributed by atoms with Crippen LogP contribution in [0.25, 0.3) is 0 Å². The zero-order chi connectivity index (χ0) is 14.0. The molecule has 1 amide bonds. The number of benzene rings is 1. The van der Waals surface area contributed by atoms with Crippen molar-refractivity contribution >= 4 is 11.6 Å². The Kier molecular flexibility index (Phi) is 4.25. The molecule has 104 valence electrons. The lowest BCUT2D eigenvalue weighted by atomic mass is 9.94. The lowest BCUT2D eigenvalue weighted by Gasteiger charge is -2.29. The zero-order valence-corrected chi connectivity index (χ0v) is 12.0. The number of carbonyl (C=O) groups excluding carboxylic acids is 1. The SMILES string of the molecule is CC(=O)N1CCCc2ccc(C(O)CC(C)C)cc21. The zero-order valence-electron chi connectivity index (χ0n) is 12.0. The van der Waals surface area contributed by atoms with Gasteiger partial charge in [0.2, 0.25) is 5.91 Å². The summed E-state index contributed by atoms with van der Waals surface area (Å²) in [6.07, 6.45) is 2.33. The van der Waals surface area contributed by atoms with E-state index < -0.39 is 6.10 Å². The van der Waals surface area contributed by atoms with Crippen molar-refractivity contribution < 1.29 is 9.90 Å². The fourth-order valence-electron chi connectivity index (χ4n) is 2.71. The first-order valence-corrected chi connectivity index (χ1v) is 7.08. The third-order valence-electron chi connectivity index (χ3n) is 3.69. The van der Waals surface area contributed by atoms with Crippen LogP contribution in [0.5, 0.6) is 0 Å². The van der Waals surface area contributed by atoms with Crippen LogP contribution >= 0.6 is 0 Å². The normalized spacial score (nSPS) is 16.4. The number of hydrogen-bond donors (Lipinski definition) is 1. The third kappa shape index (κ3) is 3.16. The molecule has 0 saturated carbocycles. The van der Waals surface area contributed by atoms with Gasteiger partial charge in [-0.15, -0.1) is 0 Å². The van der Waals surface area contributed by atoms with Gasteiger partial charge in [0, 0.05) is 19.2 Å². The largest absolute Gasteiger partial charge is 0.388 e. The Hall–Kier alpha value is -1.35. The van der Waals surface area contributed by atoms with Crippen LogP contribution in [0.2, 0.25) is 0 Å². The van der Waals surface area contributed by atoms with Gasteiger partial charge in [-0.2, -0.15) is 0 Å². The molecule has 3 heteroatoms. The number of rotatable bonds is 3. The number of carbonyl (C=O) groups is 1. The van der Waals surface area contributed by atoms with E-state index in [0.717, 1.165) is 37.1 Å². The van der Waals surface area contributed by atoms with Crippen LogP contribution < -0.4 is 4.90 Å². The summed E-state index contributed by atoms with van der Waals surface area (Å²) in [6, 6.07) is 6.04. The first kappa shape index (κ1) is 14.1. The average molecular weight is 261 g/mol. The van der Waals surface area contributed by atoms with Gasteiger partial charge in [0.05, 0.1) is 6.10 Å². The first-order valence-electron chi connectivity index (χ1n) is 7.08. The predicted octanol–water partition coefficient (Wildman–Crippen LogP) is 3.07. The number of aryl methyl sites for hydroxylation is 1. The first-order chi connectivity index (χ1) is 8.99. The Morgan fingerprint density at radius 3 is 2.79 bits per heavy atom. The maximum atomic E-state index is 11.7. The van der Waals surface area contributed by atoms with E-state index in [1.165, 1.54) is 5.56 Å². The van der Waals surface area contributed by atoms with Crippen LogP contribution in [0, 0.1) is 5.92 Å². The molecule has 0 bridgehead atoms. The molecule has 1 aromatic rings. The van der Waals surface area contributed by atoms with Crippen molar-refractivity contribution in [2.45, 2.75) is 46.1 Å². The summed E-state index contributed by atoms with van der Waals surface area (Å²) in [4.78, 5) is 13.5. The van der Waals surface area contributed by atoms with Crippen LogP contribution in [0.1, 0.15) is 50.8 Å². The Morgan fingerprint density at radius 1 is 1.42 bits per heavy atom. The van der Waals surface area contributed by atoms with Crippen LogP contribution in [-0.4, -0.2) is 17.6 Å². The molecule has 0 spiro atoms. The lowest BCUT2D eigenvalue weighted by Crippen LogP contribution is -2.33. The molecule has 1 aliphatic heterocycles. The highest BCUT2D eigenvalue weighted by Crippen LogP contribution is 2.31. The van der Waals surface area contributed by atoms with Crippen molar-refractivity contribution in [2.24, 2.45) is 5.92 Å². The predicted molar refractivity (Wildman–Crippen MR) is 77.2 cm³/mol. The summed E-state index contributed by atoms with van der Waals surface area (Å²) >= 11 is 0. The summed E-state index contributed by atoms with van der Waals surface area (Å²) in [5.74, 6) is 0.534. The van der Waals surface area contributed by atoms with Crippen molar-refractivity contribution in [1.82, 2.24) is 0 Å². The van der Waals surface area contributed by atoms with Gasteiger partial charge in [0.25, 0.3) is 0 Å². The Labute approximate surface area is 115 Å². The molecule has 0 saturated heterocycles. The van der Waals surface area contributed by atoms with Gasteiger partial charge >= 0.3 is 0 Å². The van der Waals surface area contributed by atoms with Crippen molar-refractivity contribution in [3.63, 3.8) is 0 Å². The molecule has 3 nitrogen and oxygen atoms in total. The van der Waals surface area contributed by atoms with Crippen LogP contribution in [0.4, 0.5) is 5.69 Å².